The second-order valence-corrected chi connectivity index (χ2v) is 8.19. The van der Waals surface area contributed by atoms with E-state index in [9.17, 15) is 10.2 Å². The van der Waals surface area contributed by atoms with Gasteiger partial charge in [0.15, 0.2) is 5.82 Å². The molecule has 0 atom stereocenters. The molecule has 7 nitrogen and oxygen atoms in total. The molecule has 0 radical (unpaired) electrons. The SMILES string of the molecule is CCc1cc(O)ccc1-c1ccc2c(-c3ncc(C4=CCCN(CCO)C4)[nH]3)n[nH]c2c1. The Balaban J connectivity index is 1.45. The highest BCUT2D eigenvalue weighted by atomic mass is 16.3. The van der Waals surface area contributed by atoms with E-state index in [4.69, 9.17) is 0 Å². The van der Waals surface area contributed by atoms with E-state index in [0.29, 0.717) is 6.54 Å². The summed E-state index contributed by atoms with van der Waals surface area (Å²) in [6, 6.07) is 11.8. The molecular weight excluding hydrogens is 402 g/mol. The highest BCUT2D eigenvalue weighted by molar-refractivity contribution is 5.94. The zero-order valence-electron chi connectivity index (χ0n) is 18.1. The molecule has 1 aliphatic heterocycles. The number of β-amino-alcohol motifs (C(OH)–C–C–N with tert-alkyl or cyclic N) is 1. The molecule has 0 saturated carbocycles. The van der Waals surface area contributed by atoms with Gasteiger partial charge in [0.25, 0.3) is 0 Å². The zero-order chi connectivity index (χ0) is 22.1. The third-order valence-electron chi connectivity index (χ3n) is 6.14. The Morgan fingerprint density at radius 2 is 2.06 bits per heavy atom. The van der Waals surface area contributed by atoms with Gasteiger partial charge in [0.05, 0.1) is 24.0 Å². The molecule has 0 fully saturated rings. The zero-order valence-corrected chi connectivity index (χ0v) is 18.1. The summed E-state index contributed by atoms with van der Waals surface area (Å²) < 4.78 is 0. The topological polar surface area (TPSA) is 101 Å². The molecule has 2 aromatic carbocycles. The quantitative estimate of drug-likeness (QED) is 0.372. The first-order valence-electron chi connectivity index (χ1n) is 11.0. The first-order chi connectivity index (χ1) is 15.7. The molecular formula is C25H27N5O2. The minimum absolute atomic E-state index is 0.173. The number of aliphatic hydroxyl groups is 1. The largest absolute Gasteiger partial charge is 0.508 e. The summed E-state index contributed by atoms with van der Waals surface area (Å²) in [5.74, 6) is 1.02. The molecule has 5 rings (SSSR count). The van der Waals surface area contributed by atoms with Gasteiger partial charge in [0.2, 0.25) is 0 Å². The van der Waals surface area contributed by atoms with Crippen LogP contribution in [0.15, 0.2) is 48.7 Å². The number of aryl methyl sites for hydroxylation is 1. The second-order valence-electron chi connectivity index (χ2n) is 8.19. The van der Waals surface area contributed by atoms with Gasteiger partial charge in [-0.15, -0.1) is 0 Å². The molecule has 32 heavy (non-hydrogen) atoms. The number of rotatable bonds is 6. The monoisotopic (exact) mass is 429 g/mol. The van der Waals surface area contributed by atoms with Crippen LogP contribution in [0.25, 0.3) is 39.1 Å². The Morgan fingerprint density at radius 3 is 2.91 bits per heavy atom. The summed E-state index contributed by atoms with van der Waals surface area (Å²) in [5.41, 5.74) is 7.23. The van der Waals surface area contributed by atoms with Gasteiger partial charge in [-0.1, -0.05) is 25.1 Å². The number of nitrogens with one attached hydrogen (secondary N) is 2. The number of benzene rings is 2. The summed E-state index contributed by atoms with van der Waals surface area (Å²) in [7, 11) is 0. The molecule has 2 aromatic heterocycles. The van der Waals surface area contributed by atoms with E-state index in [-0.39, 0.29) is 12.4 Å². The molecule has 164 valence electrons. The third-order valence-corrected chi connectivity index (χ3v) is 6.14. The van der Waals surface area contributed by atoms with Gasteiger partial charge in [0, 0.05) is 25.0 Å². The average molecular weight is 430 g/mol. The Kier molecular flexibility index (Phi) is 5.51. The number of hydrogen-bond donors (Lipinski definition) is 4. The number of aromatic amines is 2. The minimum Gasteiger partial charge on any atom is -0.508 e. The summed E-state index contributed by atoms with van der Waals surface area (Å²) in [6.07, 6.45) is 5.91. The van der Waals surface area contributed by atoms with Crippen molar-refractivity contribution in [2.75, 3.05) is 26.2 Å². The molecule has 0 saturated heterocycles. The standard InChI is InChI=1S/C25H27N5O2/c1-2-16-12-19(32)6-8-20(16)17-5-7-21-22(13-17)28-29-24(21)25-26-14-23(27-25)18-4-3-9-30(15-18)10-11-31/h4-8,12-14,31-32H,2-3,9-11,15H2,1H3,(H,26,27)(H,28,29). The number of phenolic OH excluding ortho intramolecular Hbond substituents is 1. The lowest BCUT2D eigenvalue weighted by atomic mass is 9.97. The van der Waals surface area contributed by atoms with Gasteiger partial charge in [-0.25, -0.2) is 4.98 Å². The highest BCUT2D eigenvalue weighted by Crippen LogP contribution is 2.32. The Morgan fingerprint density at radius 1 is 1.16 bits per heavy atom. The Bertz CT molecular complexity index is 1290. The predicted octanol–water partition coefficient (Wildman–Crippen LogP) is 3.97. The maximum Gasteiger partial charge on any atom is 0.159 e. The molecule has 1 aliphatic rings. The first kappa shape index (κ1) is 20.5. The van der Waals surface area contributed by atoms with Crippen molar-refractivity contribution in [1.29, 1.82) is 0 Å². The maximum absolute atomic E-state index is 9.81. The van der Waals surface area contributed by atoms with Crippen LogP contribution in [0.5, 0.6) is 5.75 Å². The van der Waals surface area contributed by atoms with Crippen molar-refractivity contribution >= 4 is 16.5 Å². The van der Waals surface area contributed by atoms with Crippen LogP contribution in [-0.2, 0) is 6.42 Å². The van der Waals surface area contributed by atoms with Crippen LogP contribution in [0.2, 0.25) is 0 Å². The number of aromatic hydroxyl groups is 1. The lowest BCUT2D eigenvalue weighted by Gasteiger charge is -2.25. The summed E-state index contributed by atoms with van der Waals surface area (Å²) >= 11 is 0. The highest BCUT2D eigenvalue weighted by Gasteiger charge is 2.18. The van der Waals surface area contributed by atoms with Gasteiger partial charge >= 0.3 is 0 Å². The Hall–Kier alpha value is -3.42. The van der Waals surface area contributed by atoms with E-state index in [1.54, 1.807) is 6.07 Å². The molecule has 3 heterocycles. The van der Waals surface area contributed by atoms with Crippen molar-refractivity contribution in [1.82, 2.24) is 25.1 Å². The van der Waals surface area contributed by atoms with Crippen LogP contribution in [0.4, 0.5) is 0 Å². The van der Waals surface area contributed by atoms with Crippen molar-refractivity contribution in [2.24, 2.45) is 0 Å². The van der Waals surface area contributed by atoms with Gasteiger partial charge in [-0.05, 0) is 59.4 Å². The van der Waals surface area contributed by atoms with Crippen molar-refractivity contribution < 1.29 is 10.2 Å². The number of aromatic nitrogens is 4. The fraction of sp³-hybridized carbons (Fsp3) is 0.280. The number of phenols is 1. The van der Waals surface area contributed by atoms with E-state index < -0.39 is 0 Å². The summed E-state index contributed by atoms with van der Waals surface area (Å²) in [5, 5.41) is 27.7. The fourth-order valence-electron chi connectivity index (χ4n) is 4.46. The van der Waals surface area contributed by atoms with Crippen LogP contribution in [-0.4, -0.2) is 61.5 Å². The van der Waals surface area contributed by atoms with Crippen molar-refractivity contribution in [2.45, 2.75) is 19.8 Å². The minimum atomic E-state index is 0.173. The third kappa shape index (κ3) is 3.81. The van der Waals surface area contributed by atoms with Crippen LogP contribution in [0.1, 0.15) is 24.6 Å². The molecule has 0 amide bonds. The molecule has 0 bridgehead atoms. The summed E-state index contributed by atoms with van der Waals surface area (Å²) in [6.45, 7) is 4.72. The second kappa shape index (κ2) is 8.61. The van der Waals surface area contributed by atoms with Gasteiger partial charge < -0.3 is 15.2 Å². The lowest BCUT2D eigenvalue weighted by Crippen LogP contribution is -2.32. The van der Waals surface area contributed by atoms with Crippen LogP contribution >= 0.6 is 0 Å². The number of nitrogens with zero attached hydrogens (tertiary/aromatic N) is 3. The van der Waals surface area contributed by atoms with Crippen LogP contribution in [0.3, 0.4) is 0 Å². The number of H-pyrrole nitrogens is 2. The van der Waals surface area contributed by atoms with Crippen molar-refractivity contribution in [3.8, 4) is 28.4 Å². The van der Waals surface area contributed by atoms with Crippen molar-refractivity contribution in [3.63, 3.8) is 0 Å². The number of fused-ring (bicyclic) bond motifs is 1. The maximum atomic E-state index is 9.81. The molecule has 0 spiro atoms. The van der Waals surface area contributed by atoms with Crippen molar-refractivity contribution in [3.05, 3.63) is 59.9 Å². The normalized spacial score (nSPS) is 14.8. The van der Waals surface area contributed by atoms with E-state index in [1.807, 2.05) is 18.3 Å². The summed E-state index contributed by atoms with van der Waals surface area (Å²) in [4.78, 5) is 10.3. The van der Waals surface area contributed by atoms with Crippen LogP contribution in [0, 0.1) is 0 Å². The number of imidazole rings is 1. The molecule has 4 N–H and O–H groups in total. The fourth-order valence-corrected chi connectivity index (χ4v) is 4.46. The van der Waals surface area contributed by atoms with Gasteiger partial charge in [-0.3, -0.25) is 10.00 Å². The lowest BCUT2D eigenvalue weighted by molar-refractivity contribution is 0.209. The van der Waals surface area contributed by atoms with E-state index in [1.165, 1.54) is 5.57 Å². The van der Waals surface area contributed by atoms with Gasteiger partial charge in [-0.2, -0.15) is 5.10 Å². The molecule has 0 aliphatic carbocycles. The smallest absolute Gasteiger partial charge is 0.159 e. The van der Waals surface area contributed by atoms with Gasteiger partial charge in [0.1, 0.15) is 11.4 Å². The molecule has 0 unspecified atom stereocenters. The molecule has 4 aromatic rings. The number of hydrogen-bond acceptors (Lipinski definition) is 5. The van der Waals surface area contributed by atoms with E-state index in [2.05, 4.69) is 56.3 Å². The van der Waals surface area contributed by atoms with E-state index in [0.717, 1.165) is 70.7 Å². The van der Waals surface area contributed by atoms with Crippen LogP contribution < -0.4 is 0 Å². The van der Waals surface area contributed by atoms with E-state index >= 15 is 0 Å². The Labute approximate surface area is 186 Å². The number of aliphatic hydroxyl groups excluding tert-OH is 1. The average Bonchev–Trinajstić information content (AvgIpc) is 3.46. The predicted molar refractivity (Wildman–Crippen MR) is 126 cm³/mol. The molecule has 7 heteroatoms. The first-order valence-corrected chi connectivity index (χ1v) is 11.0.